The number of carbonyl (C=O) groups excluding carboxylic acids is 2. The number of aliphatic hydroxyl groups is 1. The summed E-state index contributed by atoms with van der Waals surface area (Å²) in [4.78, 5) is 35.6. The number of piperidine rings is 2. The smallest absolute Gasteiger partial charge is 0.225 e. The number of aromatic nitrogens is 1. The zero-order chi connectivity index (χ0) is 35.3. The zero-order valence-corrected chi connectivity index (χ0v) is 29.9. The van der Waals surface area contributed by atoms with Gasteiger partial charge in [0.15, 0.2) is 0 Å². The van der Waals surface area contributed by atoms with Gasteiger partial charge in [-0.25, -0.2) is 0 Å². The van der Waals surface area contributed by atoms with Gasteiger partial charge >= 0.3 is 0 Å². The molecule has 2 aliphatic rings. The van der Waals surface area contributed by atoms with Crippen LogP contribution in [0.5, 0.6) is 5.75 Å². The fraction of sp³-hybridized carbons (Fsp3) is 0.465. The first-order valence-electron chi connectivity index (χ1n) is 19.1. The van der Waals surface area contributed by atoms with Crippen molar-refractivity contribution >= 4 is 22.7 Å². The van der Waals surface area contributed by atoms with Crippen molar-refractivity contribution in [2.75, 3.05) is 39.3 Å². The van der Waals surface area contributed by atoms with Gasteiger partial charge in [0.25, 0.3) is 0 Å². The highest BCUT2D eigenvalue weighted by Crippen LogP contribution is 2.26. The molecule has 0 radical (unpaired) electrons. The summed E-state index contributed by atoms with van der Waals surface area (Å²) in [6.45, 7) is 3.56. The van der Waals surface area contributed by atoms with E-state index >= 15 is 0 Å². The molecule has 270 valence electrons. The van der Waals surface area contributed by atoms with Gasteiger partial charge < -0.3 is 25.0 Å². The average molecular weight is 691 g/mol. The summed E-state index contributed by atoms with van der Waals surface area (Å²) in [5.74, 6) is 1.06. The van der Waals surface area contributed by atoms with Crippen LogP contribution in [0.1, 0.15) is 62.5 Å². The lowest BCUT2D eigenvalue weighted by molar-refractivity contribution is -0.140. The molecule has 0 unspecified atom stereocenters. The van der Waals surface area contributed by atoms with Crippen molar-refractivity contribution in [1.29, 1.82) is 0 Å². The van der Waals surface area contributed by atoms with E-state index in [2.05, 4.69) is 75.9 Å². The number of benzene rings is 3. The van der Waals surface area contributed by atoms with Crippen LogP contribution in [0.4, 0.5) is 0 Å². The number of nitrogens with one attached hydrogen (secondary N) is 1. The lowest BCUT2D eigenvalue weighted by Gasteiger charge is -2.37. The van der Waals surface area contributed by atoms with Crippen LogP contribution in [0.2, 0.25) is 0 Å². The van der Waals surface area contributed by atoms with Gasteiger partial charge in [0.1, 0.15) is 18.5 Å². The van der Waals surface area contributed by atoms with Crippen LogP contribution >= 0.6 is 0 Å². The van der Waals surface area contributed by atoms with Crippen LogP contribution in [0, 0.1) is 11.8 Å². The number of nitrogens with zero attached hydrogens (tertiary/aromatic N) is 3. The first kappa shape index (κ1) is 36.5. The van der Waals surface area contributed by atoms with Crippen molar-refractivity contribution in [3.8, 4) is 5.75 Å². The predicted octanol–water partition coefficient (Wildman–Crippen LogP) is 6.46. The van der Waals surface area contributed by atoms with Crippen molar-refractivity contribution in [2.45, 2.75) is 76.4 Å². The van der Waals surface area contributed by atoms with E-state index in [9.17, 15) is 14.7 Å². The van der Waals surface area contributed by atoms with E-state index in [1.807, 2.05) is 35.2 Å². The zero-order valence-electron chi connectivity index (χ0n) is 29.9. The van der Waals surface area contributed by atoms with Gasteiger partial charge in [-0.1, -0.05) is 66.7 Å². The molecule has 3 heterocycles. The van der Waals surface area contributed by atoms with Crippen molar-refractivity contribution in [3.63, 3.8) is 0 Å². The number of hydrogen-bond donors (Lipinski definition) is 2. The molecule has 8 nitrogen and oxygen atoms in total. The maximum atomic E-state index is 13.5. The minimum Gasteiger partial charge on any atom is -0.490 e. The van der Waals surface area contributed by atoms with Crippen LogP contribution in [0.25, 0.3) is 10.9 Å². The predicted molar refractivity (Wildman–Crippen MR) is 202 cm³/mol. The third kappa shape index (κ3) is 10.9. The first-order valence-corrected chi connectivity index (χ1v) is 19.1. The SMILES string of the molecule is O=C(NC(CCCc1ccccc1)CCCc1ccccc1)C1CCN(C(=O)C2CCN(C[C@H](O)COc3cccc4ncccc34)CC2)CC1. The monoisotopic (exact) mass is 690 g/mol. The van der Waals surface area contributed by atoms with Crippen molar-refractivity contribution in [2.24, 2.45) is 11.8 Å². The maximum Gasteiger partial charge on any atom is 0.225 e. The highest BCUT2D eigenvalue weighted by molar-refractivity contribution is 5.84. The van der Waals surface area contributed by atoms with Crippen LogP contribution in [0.15, 0.2) is 97.2 Å². The molecule has 1 atom stereocenters. The number of pyridine rings is 1. The molecule has 51 heavy (non-hydrogen) atoms. The van der Waals surface area contributed by atoms with E-state index in [1.54, 1.807) is 6.20 Å². The Morgan fingerprint density at radius 3 is 2.04 bits per heavy atom. The number of ether oxygens (including phenoxy) is 1. The summed E-state index contributed by atoms with van der Waals surface area (Å²) in [6, 6.07) is 30.9. The Bertz CT molecular complexity index is 1600. The number of rotatable bonds is 16. The summed E-state index contributed by atoms with van der Waals surface area (Å²) >= 11 is 0. The molecular weight excluding hydrogens is 636 g/mol. The fourth-order valence-electron chi connectivity index (χ4n) is 7.72. The third-order valence-electron chi connectivity index (χ3n) is 10.7. The molecule has 2 saturated heterocycles. The van der Waals surface area contributed by atoms with E-state index in [0.717, 1.165) is 94.0 Å². The summed E-state index contributed by atoms with van der Waals surface area (Å²) in [6.07, 6.45) is 10.2. The van der Waals surface area contributed by atoms with Crippen molar-refractivity contribution in [3.05, 3.63) is 108 Å². The Balaban J connectivity index is 0.906. The van der Waals surface area contributed by atoms with E-state index < -0.39 is 6.10 Å². The van der Waals surface area contributed by atoms with Gasteiger partial charge in [-0.05, 0) is 113 Å². The molecule has 2 amide bonds. The number of fused-ring (bicyclic) bond motifs is 1. The third-order valence-corrected chi connectivity index (χ3v) is 10.7. The Morgan fingerprint density at radius 1 is 0.765 bits per heavy atom. The molecule has 6 rings (SSSR count). The number of β-amino-alcohol motifs (C(OH)–C–C–N with tert-alkyl or cyclic N) is 1. The van der Waals surface area contributed by atoms with Gasteiger partial charge in [0.05, 0.1) is 5.52 Å². The molecule has 3 aromatic carbocycles. The highest BCUT2D eigenvalue weighted by Gasteiger charge is 2.33. The van der Waals surface area contributed by atoms with Gasteiger partial charge in [-0.2, -0.15) is 0 Å². The largest absolute Gasteiger partial charge is 0.490 e. The number of aryl methyl sites for hydroxylation is 2. The lowest BCUT2D eigenvalue weighted by atomic mass is 9.91. The number of amides is 2. The van der Waals surface area contributed by atoms with Gasteiger partial charge in [0.2, 0.25) is 11.8 Å². The molecule has 0 spiro atoms. The Kier molecular flexibility index (Phi) is 13.5. The fourth-order valence-corrected chi connectivity index (χ4v) is 7.72. The Labute approximate surface area is 303 Å². The topological polar surface area (TPSA) is 95.0 Å². The number of hydrogen-bond acceptors (Lipinski definition) is 6. The quantitative estimate of drug-likeness (QED) is 0.140. The van der Waals surface area contributed by atoms with Gasteiger partial charge in [-0.15, -0.1) is 0 Å². The Hall–Kier alpha value is -4.27. The Morgan fingerprint density at radius 2 is 1.39 bits per heavy atom. The van der Waals surface area contributed by atoms with Gasteiger partial charge in [0, 0.05) is 49.1 Å². The maximum absolute atomic E-state index is 13.5. The van der Waals surface area contributed by atoms with Crippen LogP contribution in [0.3, 0.4) is 0 Å². The molecule has 0 aliphatic carbocycles. The second-order valence-corrected chi connectivity index (χ2v) is 14.4. The van der Waals surface area contributed by atoms with E-state index in [0.29, 0.717) is 19.6 Å². The van der Waals surface area contributed by atoms with E-state index in [1.165, 1.54) is 11.1 Å². The normalized spacial score (nSPS) is 16.7. The standard InChI is InChI=1S/C43H54N4O4/c48-38(32-51-41-21-9-20-40-39(41)19-10-26-44-40)31-46-27-22-36(23-28-46)43(50)47-29-24-35(25-30-47)42(49)45-37(17-7-15-33-11-3-1-4-12-33)18-8-16-34-13-5-2-6-14-34/h1-6,9-14,19-21,26,35-38,48H,7-8,15-18,22-25,27-32H2,(H,45,49)/t38-/m0/s1. The number of aliphatic hydroxyl groups excluding tert-OH is 1. The minimum atomic E-state index is -0.623. The summed E-state index contributed by atoms with van der Waals surface area (Å²) in [5.41, 5.74) is 3.55. The average Bonchev–Trinajstić information content (AvgIpc) is 3.18. The molecule has 0 saturated carbocycles. The molecule has 4 aromatic rings. The summed E-state index contributed by atoms with van der Waals surface area (Å²) in [7, 11) is 0. The molecule has 0 bridgehead atoms. The van der Waals surface area contributed by atoms with Crippen LogP contribution < -0.4 is 10.1 Å². The van der Waals surface area contributed by atoms with Crippen LogP contribution in [-0.4, -0.2) is 83.2 Å². The molecule has 2 N–H and O–H groups in total. The number of likely N-dealkylation sites (tertiary alicyclic amines) is 2. The summed E-state index contributed by atoms with van der Waals surface area (Å²) in [5, 5.41) is 15.1. The highest BCUT2D eigenvalue weighted by atomic mass is 16.5. The second-order valence-electron chi connectivity index (χ2n) is 14.4. The van der Waals surface area contributed by atoms with Crippen molar-refractivity contribution < 1.29 is 19.4 Å². The molecular formula is C43H54N4O4. The second kappa shape index (κ2) is 18.8. The van der Waals surface area contributed by atoms with Gasteiger partial charge in [-0.3, -0.25) is 14.6 Å². The molecule has 1 aromatic heterocycles. The lowest BCUT2D eigenvalue weighted by Crippen LogP contribution is -2.49. The minimum absolute atomic E-state index is 0.00168. The van der Waals surface area contributed by atoms with E-state index in [4.69, 9.17) is 4.74 Å². The van der Waals surface area contributed by atoms with Crippen LogP contribution in [-0.2, 0) is 22.4 Å². The van der Waals surface area contributed by atoms with E-state index in [-0.39, 0.29) is 36.3 Å². The van der Waals surface area contributed by atoms with Crippen molar-refractivity contribution in [1.82, 2.24) is 20.1 Å². The molecule has 2 aliphatic heterocycles. The molecule has 8 heteroatoms. The number of carbonyl (C=O) groups is 2. The molecule has 2 fully saturated rings. The first-order chi connectivity index (χ1) is 25.0. The summed E-state index contributed by atoms with van der Waals surface area (Å²) < 4.78 is 5.97.